The molecule has 0 aliphatic carbocycles. The van der Waals surface area contributed by atoms with Gasteiger partial charge in [-0.15, -0.1) is 0 Å². The van der Waals surface area contributed by atoms with E-state index < -0.39 is 0 Å². The van der Waals surface area contributed by atoms with Crippen LogP contribution in [0.2, 0.25) is 5.02 Å². The molecule has 2 aromatic carbocycles. The molecule has 0 bridgehead atoms. The number of nitrogens with two attached hydrogens (primary N) is 1. The summed E-state index contributed by atoms with van der Waals surface area (Å²) in [5, 5.41) is 9.85. The van der Waals surface area contributed by atoms with Gasteiger partial charge in [0, 0.05) is 11.6 Å². The number of hydrogen-bond donors (Lipinski definition) is 1. The Hall–Kier alpha value is -3.20. The number of rotatable bonds is 3. The second kappa shape index (κ2) is 6.84. The number of halogens is 1. The number of fused-ring (bicyclic) bond motifs is 1. The topological polar surface area (TPSA) is 80.5 Å². The van der Waals surface area contributed by atoms with E-state index in [1.807, 2.05) is 60.0 Å². The number of nitriles is 1. The number of nitrogens with zero attached hydrogens (tertiary/aromatic N) is 4. The third-order valence-electron chi connectivity index (χ3n) is 4.48. The van der Waals surface area contributed by atoms with Gasteiger partial charge in [-0.05, 0) is 42.8 Å². The zero-order chi connectivity index (χ0) is 19.0. The highest BCUT2D eigenvalue weighted by molar-refractivity contribution is 6.32. The van der Waals surface area contributed by atoms with Crippen LogP contribution in [0.3, 0.4) is 0 Å². The SMILES string of the molecule is C[C@@H](N)c1ccc2c(c1)ncn2-c1cccc(-c2cccc(Cl)c2C#N)n1. The molecule has 0 saturated heterocycles. The molecule has 5 nitrogen and oxygen atoms in total. The van der Waals surface area contributed by atoms with E-state index in [-0.39, 0.29) is 6.04 Å². The maximum absolute atomic E-state index is 9.44. The summed E-state index contributed by atoms with van der Waals surface area (Å²) in [4.78, 5) is 9.21. The molecule has 0 aliphatic heterocycles. The Labute approximate surface area is 161 Å². The maximum atomic E-state index is 9.44. The molecule has 132 valence electrons. The molecule has 2 heterocycles. The average molecular weight is 374 g/mol. The minimum absolute atomic E-state index is 0.0479. The number of hydrogen-bond acceptors (Lipinski definition) is 4. The van der Waals surface area contributed by atoms with Crippen molar-refractivity contribution in [1.82, 2.24) is 14.5 Å². The Balaban J connectivity index is 1.84. The first kappa shape index (κ1) is 17.2. The quantitative estimate of drug-likeness (QED) is 0.567. The standard InChI is InChI=1S/C21H16ClN5/c1-13(24)14-8-9-20-19(10-14)25-12-27(20)21-7-3-6-18(26-21)15-4-2-5-17(22)16(15)11-23/h2-10,12-13H,24H2,1H3/t13-/m1/s1. The molecule has 27 heavy (non-hydrogen) atoms. The van der Waals surface area contributed by atoms with E-state index in [9.17, 15) is 5.26 Å². The summed E-state index contributed by atoms with van der Waals surface area (Å²) >= 11 is 6.16. The molecule has 0 saturated carbocycles. The lowest BCUT2D eigenvalue weighted by Crippen LogP contribution is -2.04. The lowest BCUT2D eigenvalue weighted by Gasteiger charge is -2.09. The molecule has 1 atom stereocenters. The Morgan fingerprint density at radius 1 is 1.15 bits per heavy atom. The number of imidazole rings is 1. The zero-order valence-electron chi connectivity index (χ0n) is 14.6. The summed E-state index contributed by atoms with van der Waals surface area (Å²) < 4.78 is 1.92. The summed E-state index contributed by atoms with van der Waals surface area (Å²) in [7, 11) is 0. The minimum atomic E-state index is -0.0479. The molecule has 2 N–H and O–H groups in total. The second-order valence-electron chi connectivity index (χ2n) is 6.31. The van der Waals surface area contributed by atoms with Crippen LogP contribution in [0.4, 0.5) is 0 Å². The van der Waals surface area contributed by atoms with E-state index in [1.54, 1.807) is 12.4 Å². The van der Waals surface area contributed by atoms with Crippen LogP contribution in [0.5, 0.6) is 0 Å². The van der Waals surface area contributed by atoms with Crippen LogP contribution < -0.4 is 5.73 Å². The average Bonchev–Trinajstić information content (AvgIpc) is 3.11. The van der Waals surface area contributed by atoms with Crippen LogP contribution in [0.15, 0.2) is 60.9 Å². The van der Waals surface area contributed by atoms with Crippen molar-refractivity contribution in [2.24, 2.45) is 5.73 Å². The highest BCUT2D eigenvalue weighted by Crippen LogP contribution is 2.28. The van der Waals surface area contributed by atoms with Crippen molar-refractivity contribution in [1.29, 1.82) is 5.26 Å². The van der Waals surface area contributed by atoms with Gasteiger partial charge in [-0.2, -0.15) is 5.26 Å². The van der Waals surface area contributed by atoms with Crippen LogP contribution in [0.25, 0.3) is 28.1 Å². The minimum Gasteiger partial charge on any atom is -0.324 e. The van der Waals surface area contributed by atoms with Gasteiger partial charge >= 0.3 is 0 Å². The summed E-state index contributed by atoms with van der Waals surface area (Å²) in [6.45, 7) is 1.95. The van der Waals surface area contributed by atoms with Crippen molar-refractivity contribution in [3.63, 3.8) is 0 Å². The molecule has 0 radical (unpaired) electrons. The number of benzene rings is 2. The largest absolute Gasteiger partial charge is 0.324 e. The fourth-order valence-electron chi connectivity index (χ4n) is 3.05. The van der Waals surface area contributed by atoms with Gasteiger partial charge in [-0.1, -0.05) is 35.9 Å². The molecule has 0 amide bonds. The van der Waals surface area contributed by atoms with E-state index in [1.165, 1.54) is 0 Å². The fourth-order valence-corrected chi connectivity index (χ4v) is 3.27. The molecule has 0 spiro atoms. The molecular formula is C21H16ClN5. The van der Waals surface area contributed by atoms with Crippen molar-refractivity contribution < 1.29 is 0 Å². The van der Waals surface area contributed by atoms with Crippen molar-refractivity contribution in [3.05, 3.63) is 77.1 Å². The Morgan fingerprint density at radius 2 is 1.96 bits per heavy atom. The Kier molecular flexibility index (Phi) is 4.36. The van der Waals surface area contributed by atoms with E-state index in [0.29, 0.717) is 27.7 Å². The molecule has 0 fully saturated rings. The summed E-state index contributed by atoms with van der Waals surface area (Å²) in [5.74, 6) is 0.715. The Morgan fingerprint density at radius 3 is 2.74 bits per heavy atom. The van der Waals surface area contributed by atoms with E-state index in [2.05, 4.69) is 11.1 Å². The monoisotopic (exact) mass is 373 g/mol. The first-order valence-corrected chi connectivity index (χ1v) is 8.85. The molecular weight excluding hydrogens is 358 g/mol. The van der Waals surface area contributed by atoms with E-state index in [0.717, 1.165) is 16.6 Å². The van der Waals surface area contributed by atoms with E-state index >= 15 is 0 Å². The summed E-state index contributed by atoms with van der Waals surface area (Å²) in [6.07, 6.45) is 1.74. The van der Waals surface area contributed by atoms with Gasteiger partial charge in [0.05, 0.1) is 27.3 Å². The Bertz CT molecular complexity index is 1190. The third kappa shape index (κ3) is 3.06. The highest BCUT2D eigenvalue weighted by Gasteiger charge is 2.12. The number of aromatic nitrogens is 3. The second-order valence-corrected chi connectivity index (χ2v) is 6.71. The molecule has 2 aromatic heterocycles. The van der Waals surface area contributed by atoms with Gasteiger partial charge in [0.1, 0.15) is 18.2 Å². The van der Waals surface area contributed by atoms with Crippen molar-refractivity contribution in [2.45, 2.75) is 13.0 Å². The maximum Gasteiger partial charge on any atom is 0.139 e. The third-order valence-corrected chi connectivity index (χ3v) is 4.79. The fraction of sp³-hybridized carbons (Fsp3) is 0.0952. The van der Waals surface area contributed by atoms with Gasteiger partial charge in [0.2, 0.25) is 0 Å². The summed E-state index contributed by atoms with van der Waals surface area (Å²) in [6, 6.07) is 19.1. The molecule has 0 unspecified atom stereocenters. The van der Waals surface area contributed by atoms with Gasteiger partial charge in [0.15, 0.2) is 0 Å². The predicted octanol–water partition coefficient (Wildman–Crippen LogP) is 4.63. The van der Waals surface area contributed by atoms with Crippen LogP contribution in [-0.4, -0.2) is 14.5 Å². The lowest BCUT2D eigenvalue weighted by atomic mass is 10.0. The van der Waals surface area contributed by atoms with Crippen LogP contribution in [0.1, 0.15) is 24.1 Å². The molecule has 0 aliphatic rings. The molecule has 4 rings (SSSR count). The van der Waals surface area contributed by atoms with Crippen molar-refractivity contribution in [3.8, 4) is 23.1 Å². The van der Waals surface area contributed by atoms with Gasteiger partial charge in [-0.25, -0.2) is 9.97 Å². The van der Waals surface area contributed by atoms with Crippen molar-refractivity contribution in [2.75, 3.05) is 0 Å². The summed E-state index contributed by atoms with van der Waals surface area (Å²) in [5.41, 5.74) is 10.6. The first-order chi connectivity index (χ1) is 13.1. The van der Waals surface area contributed by atoms with E-state index in [4.69, 9.17) is 22.3 Å². The predicted molar refractivity (Wildman–Crippen MR) is 107 cm³/mol. The smallest absolute Gasteiger partial charge is 0.139 e. The zero-order valence-corrected chi connectivity index (χ0v) is 15.4. The number of pyridine rings is 1. The van der Waals surface area contributed by atoms with Crippen LogP contribution >= 0.6 is 11.6 Å². The van der Waals surface area contributed by atoms with Gasteiger partial charge < -0.3 is 5.73 Å². The highest BCUT2D eigenvalue weighted by atomic mass is 35.5. The lowest BCUT2D eigenvalue weighted by molar-refractivity contribution is 0.819. The van der Waals surface area contributed by atoms with Gasteiger partial charge in [0.25, 0.3) is 0 Å². The first-order valence-electron chi connectivity index (χ1n) is 8.47. The normalized spacial score (nSPS) is 12.1. The molecule has 6 heteroatoms. The van der Waals surface area contributed by atoms with Crippen molar-refractivity contribution >= 4 is 22.6 Å². The van der Waals surface area contributed by atoms with Crippen LogP contribution in [-0.2, 0) is 0 Å². The molecule has 4 aromatic rings. The van der Waals surface area contributed by atoms with Gasteiger partial charge in [-0.3, -0.25) is 4.57 Å². The van der Waals surface area contributed by atoms with Crippen LogP contribution in [0, 0.1) is 11.3 Å².